The van der Waals surface area contributed by atoms with Gasteiger partial charge in [-0.05, 0) is 111 Å². The van der Waals surface area contributed by atoms with Crippen LogP contribution in [-0.2, 0) is 28.5 Å². The molecule has 7 aliphatic rings. The standard InChI is InChI=1S/C42H66O16/c1-37(19-44)12-14-42(36(54)58-34-32(51)30(49)28(47)23(57-34)18-55-33-31(50)29(48)27(46)22(17-43)56-33)15-13-39(3)20(21(42)16-37)6-7-24-38(2)10-9-26(45)41(5,35(52)53)25(38)8-11-40(24,39)4/h6,21-34,43-51H,7-19H2,1-5H3,(H,52,53)/t21-,22-,23-,24-,25+,26-,27-,28-,29+,30+,31-,32-,33-,34+,37-,38+,39-,40-,41+,42+/m1/s1. The number of aliphatic hydroxyl groups is 9. The van der Waals surface area contributed by atoms with Crippen molar-refractivity contribution in [2.24, 2.45) is 50.2 Å². The summed E-state index contributed by atoms with van der Waals surface area (Å²) >= 11 is 0. The molecule has 2 saturated heterocycles. The molecule has 0 radical (unpaired) electrons. The number of carbonyl (C=O) groups excluding carboxylic acids is 1. The van der Waals surface area contributed by atoms with Gasteiger partial charge in [0.25, 0.3) is 0 Å². The third-order valence-corrected chi connectivity index (χ3v) is 17.6. The van der Waals surface area contributed by atoms with Gasteiger partial charge in [0.2, 0.25) is 6.29 Å². The van der Waals surface area contributed by atoms with E-state index in [2.05, 4.69) is 26.8 Å². The number of hydrogen-bond donors (Lipinski definition) is 10. The van der Waals surface area contributed by atoms with Crippen molar-refractivity contribution in [2.45, 2.75) is 166 Å². The maximum atomic E-state index is 14.8. The molecule has 0 amide bonds. The van der Waals surface area contributed by atoms with Gasteiger partial charge in [-0.2, -0.15) is 0 Å². The molecule has 330 valence electrons. The first-order chi connectivity index (χ1) is 27.1. The summed E-state index contributed by atoms with van der Waals surface area (Å²) in [5, 5.41) is 105. The van der Waals surface area contributed by atoms with Crippen LogP contribution < -0.4 is 0 Å². The van der Waals surface area contributed by atoms with E-state index in [1.54, 1.807) is 6.92 Å². The zero-order valence-corrected chi connectivity index (χ0v) is 34.3. The van der Waals surface area contributed by atoms with Crippen LogP contribution in [0.4, 0.5) is 0 Å². The lowest BCUT2D eigenvalue weighted by atomic mass is 9.33. The van der Waals surface area contributed by atoms with Crippen molar-refractivity contribution >= 4 is 11.9 Å². The Bertz CT molecular complexity index is 1610. The van der Waals surface area contributed by atoms with Crippen molar-refractivity contribution in [1.29, 1.82) is 0 Å². The summed E-state index contributed by atoms with van der Waals surface area (Å²) in [6, 6.07) is 0. The van der Waals surface area contributed by atoms with E-state index in [0.717, 1.165) is 12.0 Å². The number of carbonyl (C=O) groups is 2. The predicted molar refractivity (Wildman–Crippen MR) is 201 cm³/mol. The average molecular weight is 827 g/mol. The number of fused-ring (bicyclic) bond motifs is 7. The fourth-order valence-electron chi connectivity index (χ4n) is 13.4. The van der Waals surface area contributed by atoms with E-state index in [-0.39, 0.29) is 35.2 Å². The van der Waals surface area contributed by atoms with Gasteiger partial charge in [-0.3, -0.25) is 9.59 Å². The Hall–Kier alpha value is -1.80. The highest BCUT2D eigenvalue weighted by atomic mass is 16.7. The molecule has 0 aromatic rings. The number of aliphatic carboxylic acids is 1. The lowest BCUT2D eigenvalue weighted by molar-refractivity contribution is -0.328. The second-order valence-electron chi connectivity index (χ2n) is 20.3. The van der Waals surface area contributed by atoms with Crippen LogP contribution in [-0.4, -0.2) is 150 Å². The third-order valence-electron chi connectivity index (χ3n) is 17.6. The number of carboxylic acids is 1. The molecular formula is C42H66O16. The molecule has 10 N–H and O–H groups in total. The number of rotatable bonds is 8. The van der Waals surface area contributed by atoms with Gasteiger partial charge in [0.15, 0.2) is 6.29 Å². The highest BCUT2D eigenvalue weighted by molar-refractivity contribution is 5.79. The lowest BCUT2D eigenvalue weighted by Crippen LogP contribution is -2.66. The fraction of sp³-hybridized carbons (Fsp3) is 0.905. The highest BCUT2D eigenvalue weighted by Crippen LogP contribution is 2.76. The molecule has 0 bridgehead atoms. The van der Waals surface area contributed by atoms with Gasteiger partial charge in [0, 0.05) is 6.61 Å². The van der Waals surface area contributed by atoms with Gasteiger partial charge in [0.05, 0.1) is 30.1 Å². The summed E-state index contributed by atoms with van der Waals surface area (Å²) in [6.45, 7) is 9.18. The molecule has 58 heavy (non-hydrogen) atoms. The van der Waals surface area contributed by atoms with Crippen LogP contribution in [0.3, 0.4) is 0 Å². The van der Waals surface area contributed by atoms with Gasteiger partial charge in [-0.15, -0.1) is 0 Å². The molecule has 4 saturated carbocycles. The Morgan fingerprint density at radius 1 is 0.741 bits per heavy atom. The maximum Gasteiger partial charge on any atom is 0.315 e. The average Bonchev–Trinajstić information content (AvgIpc) is 3.19. The number of allylic oxidation sites excluding steroid dienone is 2. The summed E-state index contributed by atoms with van der Waals surface area (Å²) in [5.74, 6) is -2.06. The molecule has 0 aromatic carbocycles. The van der Waals surface area contributed by atoms with Gasteiger partial charge < -0.3 is 70.0 Å². The minimum Gasteiger partial charge on any atom is -0.481 e. The molecule has 2 aliphatic heterocycles. The minimum absolute atomic E-state index is 0.0843. The first-order valence-electron chi connectivity index (χ1n) is 21.1. The Kier molecular flexibility index (Phi) is 11.6. The SMILES string of the molecule is C[C@@]1(CO)CC[C@]2(C(=O)O[C@@H]3O[C@H](CO[C@@H]4O[C@H](CO)[C@@H](O)[C@H](O)[C@H]4O)[C@@H](O)[C@H](O)[C@H]3O)CC[C@]3(C)C(=CC[C@@H]4[C@]5(C)CC[C@@H](O)[C@@](C)(C(=O)O)[C@H]5CC[C@]43C)[C@H]2C1. The number of esters is 1. The summed E-state index contributed by atoms with van der Waals surface area (Å²) in [6.07, 6.45) is -9.48. The zero-order valence-electron chi connectivity index (χ0n) is 34.3. The second kappa shape index (κ2) is 15.2. The molecule has 16 heteroatoms. The first kappa shape index (κ1) is 44.3. The van der Waals surface area contributed by atoms with Crippen molar-refractivity contribution in [3.05, 3.63) is 11.6 Å². The van der Waals surface area contributed by atoms with Crippen molar-refractivity contribution in [1.82, 2.24) is 0 Å². The number of hydrogen-bond acceptors (Lipinski definition) is 15. The van der Waals surface area contributed by atoms with E-state index in [4.69, 9.17) is 18.9 Å². The van der Waals surface area contributed by atoms with Gasteiger partial charge in [0.1, 0.15) is 48.8 Å². The van der Waals surface area contributed by atoms with E-state index in [9.17, 15) is 60.7 Å². The summed E-state index contributed by atoms with van der Waals surface area (Å²) < 4.78 is 22.9. The molecule has 0 spiro atoms. The molecule has 0 unspecified atom stereocenters. The summed E-state index contributed by atoms with van der Waals surface area (Å²) in [5.41, 5.74) is -2.73. The molecule has 20 atom stereocenters. The monoisotopic (exact) mass is 826 g/mol. The minimum atomic E-state index is -1.84. The van der Waals surface area contributed by atoms with Crippen molar-refractivity contribution in [3.63, 3.8) is 0 Å². The second-order valence-corrected chi connectivity index (χ2v) is 20.3. The van der Waals surface area contributed by atoms with Crippen LogP contribution >= 0.6 is 0 Å². The molecular weight excluding hydrogens is 760 g/mol. The first-order valence-corrected chi connectivity index (χ1v) is 21.1. The Labute approximate surface area is 339 Å². The zero-order chi connectivity index (χ0) is 42.5. The highest BCUT2D eigenvalue weighted by Gasteiger charge is 2.71. The number of aliphatic hydroxyl groups excluding tert-OH is 9. The van der Waals surface area contributed by atoms with Crippen LogP contribution in [0.15, 0.2) is 11.6 Å². The third kappa shape index (κ3) is 6.37. The summed E-state index contributed by atoms with van der Waals surface area (Å²) in [4.78, 5) is 27.6. The maximum absolute atomic E-state index is 14.8. The lowest BCUT2D eigenvalue weighted by Gasteiger charge is -2.71. The van der Waals surface area contributed by atoms with Gasteiger partial charge in [-0.25, -0.2) is 0 Å². The summed E-state index contributed by atoms with van der Waals surface area (Å²) in [7, 11) is 0. The number of carboxylic acid groups (broad SMARTS) is 1. The molecule has 7 rings (SSSR count). The van der Waals surface area contributed by atoms with E-state index in [0.29, 0.717) is 57.8 Å². The van der Waals surface area contributed by atoms with E-state index in [1.165, 1.54) is 0 Å². The fourth-order valence-corrected chi connectivity index (χ4v) is 13.4. The van der Waals surface area contributed by atoms with Crippen LogP contribution in [0.25, 0.3) is 0 Å². The molecule has 5 aliphatic carbocycles. The smallest absolute Gasteiger partial charge is 0.315 e. The molecule has 2 heterocycles. The van der Waals surface area contributed by atoms with Crippen LogP contribution in [0.1, 0.15) is 98.8 Å². The molecule has 16 nitrogen and oxygen atoms in total. The van der Waals surface area contributed by atoms with Gasteiger partial charge in [-0.1, -0.05) is 39.3 Å². The Balaban J connectivity index is 1.15. The van der Waals surface area contributed by atoms with Crippen molar-refractivity contribution < 1.29 is 79.6 Å². The number of ether oxygens (including phenoxy) is 4. The van der Waals surface area contributed by atoms with E-state index >= 15 is 0 Å². The van der Waals surface area contributed by atoms with E-state index < -0.39 is 114 Å². The predicted octanol–water partition coefficient (Wildman–Crippen LogP) is 0.353. The molecule has 0 aromatic heterocycles. The molecule has 6 fully saturated rings. The quantitative estimate of drug-likeness (QED) is 0.117. The van der Waals surface area contributed by atoms with E-state index in [1.807, 2.05) is 6.92 Å². The van der Waals surface area contributed by atoms with Crippen LogP contribution in [0, 0.1) is 50.2 Å². The van der Waals surface area contributed by atoms with Crippen LogP contribution in [0.2, 0.25) is 0 Å². The Morgan fingerprint density at radius 3 is 2.00 bits per heavy atom. The normalized spacial score (nSPS) is 54.2. The van der Waals surface area contributed by atoms with Crippen molar-refractivity contribution in [2.75, 3.05) is 19.8 Å². The largest absolute Gasteiger partial charge is 0.481 e. The van der Waals surface area contributed by atoms with Gasteiger partial charge >= 0.3 is 11.9 Å². The topological polar surface area (TPSA) is 273 Å². The van der Waals surface area contributed by atoms with Crippen LogP contribution in [0.5, 0.6) is 0 Å². The Morgan fingerprint density at radius 2 is 1.36 bits per heavy atom. The van der Waals surface area contributed by atoms with Crippen molar-refractivity contribution in [3.8, 4) is 0 Å².